The van der Waals surface area contributed by atoms with Crippen LogP contribution in [0.1, 0.15) is 36.4 Å². The van der Waals surface area contributed by atoms with Crippen LogP contribution in [-0.4, -0.2) is 33.6 Å². The minimum absolute atomic E-state index is 0.0312. The summed E-state index contributed by atoms with van der Waals surface area (Å²) in [6.45, 7) is 4.46. The molecule has 29 heavy (non-hydrogen) atoms. The van der Waals surface area contributed by atoms with Gasteiger partial charge in [0.05, 0.1) is 4.92 Å². The molecule has 1 heterocycles. The van der Waals surface area contributed by atoms with E-state index < -0.39 is 0 Å². The lowest BCUT2D eigenvalue weighted by molar-refractivity contribution is -0.384. The fourth-order valence-corrected chi connectivity index (χ4v) is 3.03. The molecule has 2 aromatic carbocycles. The highest BCUT2D eigenvalue weighted by atomic mass is 19.1. The van der Waals surface area contributed by atoms with Crippen LogP contribution in [0, 0.1) is 22.9 Å². The molecule has 7 nitrogen and oxygen atoms in total. The Bertz CT molecular complexity index is 1010. The Morgan fingerprint density at radius 2 is 2.07 bits per heavy atom. The Morgan fingerprint density at radius 3 is 2.79 bits per heavy atom. The number of nitro benzene ring substituents is 1. The van der Waals surface area contributed by atoms with Gasteiger partial charge in [0, 0.05) is 30.2 Å². The number of nitro groups is 1. The molecule has 0 saturated heterocycles. The molecule has 3 aromatic rings. The second-order valence-electron chi connectivity index (χ2n) is 7.09. The Balaban J connectivity index is 1.56. The first-order valence-electron chi connectivity index (χ1n) is 9.39. The van der Waals surface area contributed by atoms with Gasteiger partial charge in [0.15, 0.2) is 0 Å². The van der Waals surface area contributed by atoms with Crippen molar-refractivity contribution in [3.8, 4) is 11.4 Å². The summed E-state index contributed by atoms with van der Waals surface area (Å²) in [7, 11) is 1.97. The van der Waals surface area contributed by atoms with Crippen LogP contribution in [-0.2, 0) is 6.42 Å². The summed E-state index contributed by atoms with van der Waals surface area (Å²) in [5, 5.41) is 14.9. The predicted molar refractivity (Wildman–Crippen MR) is 107 cm³/mol. The maximum absolute atomic E-state index is 13.7. The lowest BCUT2D eigenvalue weighted by atomic mass is 10.1. The third-order valence-corrected chi connectivity index (χ3v) is 5.02. The molecule has 0 bridgehead atoms. The average molecular weight is 398 g/mol. The summed E-state index contributed by atoms with van der Waals surface area (Å²) < 4.78 is 19.0. The van der Waals surface area contributed by atoms with E-state index in [1.165, 1.54) is 12.1 Å². The van der Waals surface area contributed by atoms with Gasteiger partial charge in [-0.15, -0.1) is 0 Å². The number of benzene rings is 2. The van der Waals surface area contributed by atoms with Gasteiger partial charge in [0.2, 0.25) is 11.7 Å². The highest BCUT2D eigenvalue weighted by molar-refractivity contribution is 5.54. The summed E-state index contributed by atoms with van der Waals surface area (Å²) in [6.07, 6.45) is 1.37. The molecule has 1 aromatic heterocycles. The smallest absolute Gasteiger partial charge is 0.269 e. The first kappa shape index (κ1) is 20.6. The van der Waals surface area contributed by atoms with Crippen LogP contribution in [0.2, 0.25) is 0 Å². The van der Waals surface area contributed by atoms with E-state index in [2.05, 4.69) is 15.0 Å². The van der Waals surface area contributed by atoms with E-state index in [0.717, 1.165) is 18.5 Å². The number of halogens is 1. The predicted octanol–water partition coefficient (Wildman–Crippen LogP) is 4.72. The molecule has 0 aliphatic heterocycles. The van der Waals surface area contributed by atoms with Crippen LogP contribution in [0.25, 0.3) is 11.4 Å². The van der Waals surface area contributed by atoms with Gasteiger partial charge >= 0.3 is 0 Å². The molecule has 8 heteroatoms. The topological polar surface area (TPSA) is 85.3 Å². The third-order valence-electron chi connectivity index (χ3n) is 5.02. The van der Waals surface area contributed by atoms with E-state index in [-0.39, 0.29) is 22.5 Å². The van der Waals surface area contributed by atoms with E-state index in [1.807, 2.05) is 20.0 Å². The zero-order valence-corrected chi connectivity index (χ0v) is 16.6. The molecule has 0 fully saturated rings. The van der Waals surface area contributed by atoms with Crippen molar-refractivity contribution in [3.05, 3.63) is 75.4 Å². The van der Waals surface area contributed by atoms with Gasteiger partial charge in [-0.1, -0.05) is 29.4 Å². The van der Waals surface area contributed by atoms with Crippen LogP contribution in [0.15, 0.2) is 47.0 Å². The number of rotatable bonds is 8. The zero-order valence-electron chi connectivity index (χ0n) is 16.6. The molecule has 0 spiro atoms. The maximum atomic E-state index is 13.7. The number of non-ortho nitro benzene ring substituents is 1. The maximum Gasteiger partial charge on any atom is 0.269 e. The molecule has 1 atom stereocenters. The van der Waals surface area contributed by atoms with E-state index in [1.54, 1.807) is 31.2 Å². The quantitative estimate of drug-likeness (QED) is 0.403. The number of aryl methyl sites for hydroxylation is 2. The van der Waals surface area contributed by atoms with Crippen LogP contribution in [0.5, 0.6) is 0 Å². The first-order valence-corrected chi connectivity index (χ1v) is 9.39. The van der Waals surface area contributed by atoms with Gasteiger partial charge in [0.1, 0.15) is 5.82 Å². The molecule has 0 N–H and O–H groups in total. The molecule has 0 amide bonds. The Kier molecular flexibility index (Phi) is 6.33. The Morgan fingerprint density at radius 1 is 1.28 bits per heavy atom. The van der Waals surface area contributed by atoms with Crippen molar-refractivity contribution in [2.75, 3.05) is 13.6 Å². The molecule has 152 valence electrons. The summed E-state index contributed by atoms with van der Waals surface area (Å²) in [6, 6.07) is 11.6. The van der Waals surface area contributed by atoms with E-state index in [4.69, 9.17) is 4.52 Å². The van der Waals surface area contributed by atoms with Crippen molar-refractivity contribution in [3.63, 3.8) is 0 Å². The molecular weight excluding hydrogens is 375 g/mol. The molecule has 0 aliphatic carbocycles. The summed E-state index contributed by atoms with van der Waals surface area (Å²) in [4.78, 5) is 17.0. The van der Waals surface area contributed by atoms with Gasteiger partial charge in [-0.3, -0.25) is 15.0 Å². The number of hydrogen-bond acceptors (Lipinski definition) is 6. The highest BCUT2D eigenvalue weighted by Gasteiger charge is 2.16. The van der Waals surface area contributed by atoms with Gasteiger partial charge < -0.3 is 4.52 Å². The van der Waals surface area contributed by atoms with Crippen molar-refractivity contribution >= 4 is 5.69 Å². The molecule has 0 saturated carbocycles. The van der Waals surface area contributed by atoms with Gasteiger partial charge in [-0.25, -0.2) is 4.39 Å². The summed E-state index contributed by atoms with van der Waals surface area (Å²) in [5.41, 5.74) is 2.13. The largest absolute Gasteiger partial charge is 0.339 e. The Hall–Kier alpha value is -3.13. The minimum Gasteiger partial charge on any atom is -0.339 e. The first-order chi connectivity index (χ1) is 13.8. The van der Waals surface area contributed by atoms with Crippen LogP contribution >= 0.6 is 0 Å². The van der Waals surface area contributed by atoms with Crippen LogP contribution in [0.3, 0.4) is 0 Å². The molecular formula is C21H23FN4O3. The number of nitrogens with zero attached hydrogens (tertiary/aromatic N) is 4. The number of hydrogen-bond donors (Lipinski definition) is 0. The van der Waals surface area contributed by atoms with E-state index in [9.17, 15) is 14.5 Å². The van der Waals surface area contributed by atoms with Crippen molar-refractivity contribution < 1.29 is 13.8 Å². The fraction of sp³-hybridized carbons (Fsp3) is 0.333. The summed E-state index contributed by atoms with van der Waals surface area (Å²) in [5.74, 6) is 0.570. The van der Waals surface area contributed by atoms with E-state index in [0.29, 0.717) is 29.3 Å². The standard InChI is InChI=1S/C21H23FN4O3/c1-14-9-10-17(13-19(14)22)21-23-20(29-24-21)8-5-11-25(3)15(2)16-6-4-7-18(12-16)26(27)28/h4,6-7,9-10,12-13,15H,5,8,11H2,1-3H3. The van der Waals surface area contributed by atoms with Gasteiger partial charge in [-0.05, 0) is 51.1 Å². The van der Waals surface area contributed by atoms with Crippen molar-refractivity contribution in [2.24, 2.45) is 0 Å². The molecule has 1 unspecified atom stereocenters. The van der Waals surface area contributed by atoms with Gasteiger partial charge in [0.25, 0.3) is 5.69 Å². The third kappa shape index (κ3) is 5.03. The lowest BCUT2D eigenvalue weighted by Crippen LogP contribution is -2.24. The monoisotopic (exact) mass is 398 g/mol. The normalized spacial score (nSPS) is 12.3. The van der Waals surface area contributed by atoms with Gasteiger partial charge in [-0.2, -0.15) is 4.98 Å². The lowest BCUT2D eigenvalue weighted by Gasteiger charge is -2.24. The van der Waals surface area contributed by atoms with E-state index >= 15 is 0 Å². The van der Waals surface area contributed by atoms with Crippen LogP contribution in [0.4, 0.5) is 10.1 Å². The average Bonchev–Trinajstić information content (AvgIpc) is 3.18. The van der Waals surface area contributed by atoms with Crippen molar-refractivity contribution in [1.29, 1.82) is 0 Å². The van der Waals surface area contributed by atoms with Crippen LogP contribution < -0.4 is 0 Å². The summed E-state index contributed by atoms with van der Waals surface area (Å²) >= 11 is 0. The second kappa shape index (κ2) is 8.91. The van der Waals surface area contributed by atoms with Crippen molar-refractivity contribution in [2.45, 2.75) is 32.7 Å². The zero-order chi connectivity index (χ0) is 21.0. The Labute approximate surface area is 168 Å². The minimum atomic E-state index is -0.386. The SMILES string of the molecule is Cc1ccc(-c2noc(CCCN(C)C(C)c3cccc([N+](=O)[O-])c3)n2)cc1F. The molecule has 3 rings (SSSR count). The number of aromatic nitrogens is 2. The molecule has 0 aliphatic rings. The second-order valence-corrected chi connectivity index (χ2v) is 7.09. The molecule has 0 radical (unpaired) electrons. The highest BCUT2D eigenvalue weighted by Crippen LogP contribution is 2.23. The fourth-order valence-electron chi connectivity index (χ4n) is 3.03. The van der Waals surface area contributed by atoms with Crippen molar-refractivity contribution in [1.82, 2.24) is 15.0 Å².